The molecule has 2 aliphatic rings. The van der Waals surface area contributed by atoms with Crippen molar-refractivity contribution >= 4 is 55.1 Å². The van der Waals surface area contributed by atoms with E-state index in [0.717, 1.165) is 10.9 Å². The Hall–Kier alpha value is -3.18. The summed E-state index contributed by atoms with van der Waals surface area (Å²) in [5, 5.41) is 3.55. The number of hydrogen-bond donors (Lipinski definition) is 1. The maximum Gasteiger partial charge on any atom is 0.279 e. The fraction of sp³-hybridized carbons (Fsp3) is 0.261. The molecular formula is C23H19FN4O4S2. The van der Waals surface area contributed by atoms with Gasteiger partial charge in [-0.25, -0.2) is 17.8 Å². The smallest absolute Gasteiger partial charge is 0.279 e. The molecule has 1 saturated heterocycles. The van der Waals surface area contributed by atoms with Crippen LogP contribution in [0.25, 0.3) is 21.9 Å². The highest BCUT2D eigenvalue weighted by Crippen LogP contribution is 2.44. The minimum Gasteiger partial charge on any atom is -0.325 e. The van der Waals surface area contributed by atoms with Gasteiger partial charge in [0.25, 0.3) is 5.56 Å². The SMILES string of the molecule is Cc1ccc2c(c1)c1nc3n(c(=O)c1n2CC(=O)Nc1ccccc1F)[C@@H]1CS(=O)(=O)C[C@@H]1S3. The highest BCUT2D eigenvalue weighted by Gasteiger charge is 2.46. The van der Waals surface area contributed by atoms with E-state index in [9.17, 15) is 22.4 Å². The third-order valence-electron chi connectivity index (χ3n) is 6.34. The molecule has 0 radical (unpaired) electrons. The summed E-state index contributed by atoms with van der Waals surface area (Å²) in [5.74, 6) is -1.14. The van der Waals surface area contributed by atoms with Gasteiger partial charge in [-0.05, 0) is 31.2 Å². The number of nitrogens with one attached hydrogen (secondary N) is 1. The largest absolute Gasteiger partial charge is 0.325 e. The van der Waals surface area contributed by atoms with Crippen LogP contribution in [0.15, 0.2) is 52.4 Å². The van der Waals surface area contributed by atoms with Gasteiger partial charge in [-0.2, -0.15) is 0 Å². The standard InChI is InChI=1S/C23H19FN4O4S2/c1-12-6-7-16-13(8-12)20-21(27(16)9-19(29)25-15-5-3-2-4-14(15)24)22(30)28-17-10-34(31,32)11-18(17)33-23(28)26-20/h2-8,17-18H,9-11H2,1H3,(H,25,29)/t17-,18+/m1/s1. The minimum atomic E-state index is -3.23. The summed E-state index contributed by atoms with van der Waals surface area (Å²) in [7, 11) is -3.23. The van der Waals surface area contributed by atoms with Crippen molar-refractivity contribution in [3.63, 3.8) is 0 Å². The summed E-state index contributed by atoms with van der Waals surface area (Å²) < 4.78 is 41.5. The average Bonchev–Trinajstić information content (AvgIpc) is 3.35. The highest BCUT2D eigenvalue weighted by atomic mass is 32.2. The number of benzene rings is 2. The normalized spacial score (nSPS) is 20.5. The lowest BCUT2D eigenvalue weighted by molar-refractivity contribution is -0.116. The van der Waals surface area contributed by atoms with Crippen LogP contribution in [0.3, 0.4) is 0 Å². The molecule has 174 valence electrons. The van der Waals surface area contributed by atoms with Gasteiger partial charge in [-0.15, -0.1) is 0 Å². The van der Waals surface area contributed by atoms with E-state index in [1.165, 1.54) is 34.5 Å². The number of carbonyl (C=O) groups excluding carboxylic acids is 1. The number of aromatic nitrogens is 3. The van der Waals surface area contributed by atoms with Gasteiger partial charge in [0.05, 0.1) is 28.8 Å². The van der Waals surface area contributed by atoms with Crippen LogP contribution in [0.1, 0.15) is 11.6 Å². The third-order valence-corrected chi connectivity index (χ3v) is 9.55. The molecule has 0 spiro atoms. The molecule has 0 aliphatic carbocycles. The van der Waals surface area contributed by atoms with Gasteiger partial charge < -0.3 is 9.88 Å². The van der Waals surface area contributed by atoms with Crippen molar-refractivity contribution in [3.8, 4) is 0 Å². The molecule has 0 bridgehead atoms. The number of thioether (sulfide) groups is 1. The zero-order chi connectivity index (χ0) is 23.8. The maximum atomic E-state index is 14.0. The summed E-state index contributed by atoms with van der Waals surface area (Å²) in [6.45, 7) is 1.70. The highest BCUT2D eigenvalue weighted by molar-refractivity contribution is 8.02. The van der Waals surface area contributed by atoms with E-state index >= 15 is 0 Å². The number of nitrogens with zero attached hydrogens (tertiary/aromatic N) is 3. The number of aryl methyl sites for hydroxylation is 1. The zero-order valence-corrected chi connectivity index (χ0v) is 19.6. The van der Waals surface area contributed by atoms with Crippen LogP contribution in [0.2, 0.25) is 0 Å². The molecule has 1 N–H and O–H groups in total. The Labute approximate surface area is 197 Å². The van der Waals surface area contributed by atoms with E-state index in [-0.39, 0.29) is 40.1 Å². The molecule has 6 rings (SSSR count). The first-order chi connectivity index (χ1) is 16.2. The summed E-state index contributed by atoms with van der Waals surface area (Å²) in [6, 6.07) is 11.0. The Balaban J connectivity index is 1.52. The Kier molecular flexibility index (Phi) is 4.65. The molecule has 11 heteroatoms. The molecule has 2 atom stereocenters. The summed E-state index contributed by atoms with van der Waals surface area (Å²) in [5.41, 5.74) is 2.02. The van der Waals surface area contributed by atoms with Crippen LogP contribution in [0.5, 0.6) is 0 Å². The molecule has 2 aliphatic heterocycles. The van der Waals surface area contributed by atoms with Crippen molar-refractivity contribution < 1.29 is 17.6 Å². The second-order valence-corrected chi connectivity index (χ2v) is 12.1. The van der Waals surface area contributed by atoms with Gasteiger partial charge >= 0.3 is 0 Å². The van der Waals surface area contributed by atoms with Gasteiger partial charge in [0.2, 0.25) is 5.91 Å². The van der Waals surface area contributed by atoms with Crippen LogP contribution < -0.4 is 10.9 Å². The fourth-order valence-corrected chi connectivity index (χ4v) is 8.75. The number of fused-ring (bicyclic) bond motifs is 6. The van der Waals surface area contributed by atoms with Crippen molar-refractivity contribution in [2.24, 2.45) is 0 Å². The number of rotatable bonds is 3. The lowest BCUT2D eigenvalue weighted by Crippen LogP contribution is -2.29. The lowest BCUT2D eigenvalue weighted by atomic mass is 10.1. The first-order valence-electron chi connectivity index (χ1n) is 10.7. The maximum absolute atomic E-state index is 14.0. The predicted octanol–water partition coefficient (Wildman–Crippen LogP) is 2.88. The monoisotopic (exact) mass is 498 g/mol. The molecule has 4 heterocycles. The van der Waals surface area contributed by atoms with Crippen molar-refractivity contribution in [3.05, 3.63) is 64.2 Å². The Morgan fingerprint density at radius 3 is 2.82 bits per heavy atom. The van der Waals surface area contributed by atoms with E-state index in [1.807, 2.05) is 25.1 Å². The lowest BCUT2D eigenvalue weighted by Gasteiger charge is -2.12. The fourth-order valence-electron chi connectivity index (χ4n) is 4.85. The molecular weight excluding hydrogens is 479 g/mol. The number of amides is 1. The van der Waals surface area contributed by atoms with Crippen LogP contribution >= 0.6 is 11.8 Å². The first-order valence-corrected chi connectivity index (χ1v) is 13.4. The van der Waals surface area contributed by atoms with Crippen LogP contribution in [0.4, 0.5) is 10.1 Å². The van der Waals surface area contributed by atoms with Crippen LogP contribution in [0, 0.1) is 12.7 Å². The zero-order valence-electron chi connectivity index (χ0n) is 18.0. The topological polar surface area (TPSA) is 103 Å². The van der Waals surface area contributed by atoms with Gasteiger partial charge in [0, 0.05) is 10.6 Å². The number of carbonyl (C=O) groups is 1. The molecule has 2 aromatic carbocycles. The summed E-state index contributed by atoms with van der Waals surface area (Å²) >= 11 is 1.32. The van der Waals surface area contributed by atoms with Crippen molar-refractivity contribution in [1.82, 2.24) is 14.1 Å². The number of para-hydroxylation sites is 1. The van der Waals surface area contributed by atoms with E-state index in [0.29, 0.717) is 16.2 Å². The van der Waals surface area contributed by atoms with Gasteiger partial charge in [-0.3, -0.25) is 14.2 Å². The van der Waals surface area contributed by atoms with Crippen LogP contribution in [-0.4, -0.2) is 45.2 Å². The van der Waals surface area contributed by atoms with E-state index in [1.54, 1.807) is 10.6 Å². The number of sulfone groups is 1. The molecule has 0 unspecified atom stereocenters. The predicted molar refractivity (Wildman–Crippen MR) is 129 cm³/mol. The molecule has 8 nitrogen and oxygen atoms in total. The Morgan fingerprint density at radius 1 is 1.24 bits per heavy atom. The Bertz CT molecular complexity index is 1690. The van der Waals surface area contributed by atoms with Gasteiger partial charge in [0.15, 0.2) is 15.0 Å². The molecule has 4 aromatic rings. The molecule has 1 amide bonds. The van der Waals surface area contributed by atoms with E-state index < -0.39 is 27.6 Å². The quantitative estimate of drug-likeness (QED) is 0.436. The van der Waals surface area contributed by atoms with E-state index in [4.69, 9.17) is 4.98 Å². The van der Waals surface area contributed by atoms with E-state index in [2.05, 4.69) is 5.32 Å². The summed E-state index contributed by atoms with van der Waals surface area (Å²) in [6.07, 6.45) is 0. The second kappa shape index (κ2) is 7.41. The van der Waals surface area contributed by atoms with Crippen LogP contribution in [-0.2, 0) is 21.2 Å². The first kappa shape index (κ1) is 21.4. The molecule has 34 heavy (non-hydrogen) atoms. The van der Waals surface area contributed by atoms with Crippen molar-refractivity contribution in [2.75, 3.05) is 16.8 Å². The van der Waals surface area contributed by atoms with Gasteiger partial charge in [-0.1, -0.05) is 35.5 Å². The molecule has 2 aromatic heterocycles. The van der Waals surface area contributed by atoms with Gasteiger partial charge in [0.1, 0.15) is 23.4 Å². The molecule has 1 fully saturated rings. The minimum absolute atomic E-state index is 0.0141. The third kappa shape index (κ3) is 3.25. The number of hydrogen-bond acceptors (Lipinski definition) is 6. The number of anilines is 1. The summed E-state index contributed by atoms with van der Waals surface area (Å²) in [4.78, 5) is 31.4. The Morgan fingerprint density at radius 2 is 2.03 bits per heavy atom. The average molecular weight is 499 g/mol. The molecule has 0 saturated carbocycles. The number of halogens is 1. The van der Waals surface area contributed by atoms with Crippen molar-refractivity contribution in [2.45, 2.75) is 29.9 Å². The second-order valence-electron chi connectivity index (χ2n) is 8.70. The van der Waals surface area contributed by atoms with Crippen molar-refractivity contribution in [1.29, 1.82) is 0 Å².